The van der Waals surface area contributed by atoms with E-state index in [0.717, 1.165) is 5.56 Å². The molecule has 0 atom stereocenters. The molecule has 2 amide bonds. The normalized spacial score (nSPS) is 10.9. The first-order chi connectivity index (χ1) is 14.5. The monoisotopic (exact) mass is 405 g/mol. The molecule has 6 nitrogen and oxygen atoms in total. The van der Waals surface area contributed by atoms with Crippen LogP contribution in [-0.4, -0.2) is 24.1 Å². The van der Waals surface area contributed by atoms with Gasteiger partial charge in [-0.2, -0.15) is 0 Å². The van der Waals surface area contributed by atoms with Gasteiger partial charge in [0, 0.05) is 22.5 Å². The van der Waals surface area contributed by atoms with Gasteiger partial charge in [-0.1, -0.05) is 41.6 Å². The average Bonchev–Trinajstić information content (AvgIpc) is 2.74. The summed E-state index contributed by atoms with van der Waals surface area (Å²) in [5.41, 5.74) is 2.77. The summed E-state index contributed by atoms with van der Waals surface area (Å²) in [6.07, 6.45) is 0. The van der Waals surface area contributed by atoms with Gasteiger partial charge >= 0.3 is 0 Å². The lowest BCUT2D eigenvalue weighted by atomic mass is 10.1. The van der Waals surface area contributed by atoms with Gasteiger partial charge in [-0.05, 0) is 49.4 Å². The van der Waals surface area contributed by atoms with Crippen molar-refractivity contribution >= 4 is 28.9 Å². The predicted octanol–water partition coefficient (Wildman–Crippen LogP) is 4.46. The molecule has 152 valence electrons. The molecule has 30 heavy (non-hydrogen) atoms. The van der Waals surface area contributed by atoms with Crippen molar-refractivity contribution in [3.05, 3.63) is 95.8 Å². The van der Waals surface area contributed by atoms with Gasteiger partial charge in [-0.15, -0.1) is 0 Å². The van der Waals surface area contributed by atoms with Crippen LogP contribution in [0.25, 0.3) is 0 Å². The first-order valence-corrected chi connectivity index (χ1v) is 9.20. The molecule has 0 radical (unpaired) electrons. The van der Waals surface area contributed by atoms with Crippen LogP contribution in [0.5, 0.6) is 0 Å². The molecule has 3 rings (SSSR count). The van der Waals surface area contributed by atoms with Gasteiger partial charge in [-0.25, -0.2) is 4.39 Å². The van der Waals surface area contributed by atoms with E-state index in [0.29, 0.717) is 22.6 Å². The van der Waals surface area contributed by atoms with Crippen molar-refractivity contribution in [2.24, 2.45) is 5.16 Å². The van der Waals surface area contributed by atoms with Gasteiger partial charge in [0.05, 0.1) is 5.71 Å². The van der Waals surface area contributed by atoms with Crippen LogP contribution in [0.15, 0.2) is 84.0 Å². The topological polar surface area (TPSA) is 79.8 Å². The predicted molar refractivity (Wildman–Crippen MR) is 114 cm³/mol. The smallest absolute Gasteiger partial charge is 0.265 e. The van der Waals surface area contributed by atoms with E-state index in [1.807, 2.05) is 12.1 Å². The zero-order chi connectivity index (χ0) is 21.3. The van der Waals surface area contributed by atoms with Gasteiger partial charge in [0.2, 0.25) is 0 Å². The molecule has 2 N–H and O–H groups in total. The molecule has 3 aromatic carbocycles. The molecule has 3 aromatic rings. The zero-order valence-corrected chi connectivity index (χ0v) is 16.3. The minimum absolute atomic E-state index is 0.215. The largest absolute Gasteiger partial charge is 0.385 e. The van der Waals surface area contributed by atoms with Crippen molar-refractivity contribution in [2.75, 3.05) is 17.2 Å². The highest BCUT2D eigenvalue weighted by molar-refractivity contribution is 6.05. The van der Waals surface area contributed by atoms with E-state index in [1.54, 1.807) is 55.5 Å². The minimum atomic E-state index is -0.457. The maximum atomic E-state index is 13.1. The van der Waals surface area contributed by atoms with E-state index in [9.17, 15) is 14.0 Å². The van der Waals surface area contributed by atoms with Crippen molar-refractivity contribution in [1.82, 2.24) is 0 Å². The third-order valence-electron chi connectivity index (χ3n) is 4.08. The van der Waals surface area contributed by atoms with Crippen LogP contribution in [0.2, 0.25) is 0 Å². The number of rotatable bonds is 7. The number of halogens is 1. The molecule has 0 spiro atoms. The molecule has 0 aliphatic heterocycles. The number of anilines is 2. The summed E-state index contributed by atoms with van der Waals surface area (Å²) in [6.45, 7) is 1.40. The van der Waals surface area contributed by atoms with Crippen molar-refractivity contribution in [1.29, 1.82) is 0 Å². The summed E-state index contributed by atoms with van der Waals surface area (Å²) in [6, 6.07) is 21.6. The molecule has 0 unspecified atom stereocenters. The Morgan fingerprint density at radius 3 is 2.27 bits per heavy atom. The highest BCUT2D eigenvalue weighted by Gasteiger charge is 2.07. The first kappa shape index (κ1) is 20.7. The van der Waals surface area contributed by atoms with Gasteiger partial charge in [-0.3, -0.25) is 9.59 Å². The fourth-order valence-corrected chi connectivity index (χ4v) is 2.62. The molecule has 0 fully saturated rings. The van der Waals surface area contributed by atoms with Crippen LogP contribution in [0.1, 0.15) is 22.8 Å². The van der Waals surface area contributed by atoms with Gasteiger partial charge in [0.15, 0.2) is 6.61 Å². The van der Waals surface area contributed by atoms with Crippen LogP contribution in [0.4, 0.5) is 15.8 Å². The SMILES string of the molecule is CC(=NOCC(=O)Nc1cccc(F)c1)c1cccc(NC(=O)c2ccccc2)c1. The molecule has 0 heterocycles. The summed E-state index contributed by atoms with van der Waals surface area (Å²) in [4.78, 5) is 29.3. The Hall–Kier alpha value is -4.00. The maximum absolute atomic E-state index is 13.1. The lowest BCUT2D eigenvalue weighted by Gasteiger charge is -2.08. The van der Waals surface area contributed by atoms with Crippen molar-refractivity contribution < 1.29 is 18.8 Å². The fourth-order valence-electron chi connectivity index (χ4n) is 2.62. The molecule has 0 aromatic heterocycles. The molecule has 0 aliphatic rings. The first-order valence-electron chi connectivity index (χ1n) is 9.20. The number of nitrogens with one attached hydrogen (secondary N) is 2. The summed E-state index contributed by atoms with van der Waals surface area (Å²) >= 11 is 0. The molecule has 0 aliphatic carbocycles. The van der Waals surface area contributed by atoms with E-state index in [2.05, 4.69) is 15.8 Å². The van der Waals surface area contributed by atoms with E-state index < -0.39 is 11.7 Å². The van der Waals surface area contributed by atoms with Crippen molar-refractivity contribution in [3.8, 4) is 0 Å². The maximum Gasteiger partial charge on any atom is 0.265 e. The van der Waals surface area contributed by atoms with Crippen LogP contribution < -0.4 is 10.6 Å². The number of carbonyl (C=O) groups excluding carboxylic acids is 2. The standard InChI is InChI=1S/C23H20FN3O3/c1-16(27-30-15-22(28)25-21-12-6-10-19(24)14-21)18-9-5-11-20(13-18)26-23(29)17-7-3-2-4-8-17/h2-14H,15H2,1H3,(H,25,28)(H,26,29). The summed E-state index contributed by atoms with van der Waals surface area (Å²) < 4.78 is 13.1. The van der Waals surface area contributed by atoms with Crippen LogP contribution in [-0.2, 0) is 9.63 Å². The minimum Gasteiger partial charge on any atom is -0.385 e. The van der Waals surface area contributed by atoms with Gasteiger partial charge in [0.1, 0.15) is 5.82 Å². The Labute approximate surface area is 173 Å². The van der Waals surface area contributed by atoms with Gasteiger partial charge < -0.3 is 15.5 Å². The highest BCUT2D eigenvalue weighted by atomic mass is 19.1. The van der Waals surface area contributed by atoms with Gasteiger partial charge in [0.25, 0.3) is 11.8 Å². The second kappa shape index (κ2) is 9.97. The molecule has 7 heteroatoms. The van der Waals surface area contributed by atoms with E-state index in [-0.39, 0.29) is 12.5 Å². The van der Waals surface area contributed by atoms with Crippen molar-refractivity contribution in [2.45, 2.75) is 6.92 Å². The molecule has 0 saturated carbocycles. The van der Waals surface area contributed by atoms with Crippen LogP contribution in [0.3, 0.4) is 0 Å². The molecule has 0 bridgehead atoms. The number of oxime groups is 1. The van der Waals surface area contributed by atoms with Crippen LogP contribution >= 0.6 is 0 Å². The Bertz CT molecular complexity index is 1070. The summed E-state index contributed by atoms with van der Waals surface area (Å²) in [5, 5.41) is 9.29. The number of amides is 2. The summed E-state index contributed by atoms with van der Waals surface area (Å²) in [7, 11) is 0. The quantitative estimate of drug-likeness (QED) is 0.450. The Balaban J connectivity index is 1.56. The van der Waals surface area contributed by atoms with E-state index >= 15 is 0 Å². The third kappa shape index (κ3) is 6.00. The van der Waals surface area contributed by atoms with Crippen molar-refractivity contribution in [3.63, 3.8) is 0 Å². The summed E-state index contributed by atoms with van der Waals surface area (Å²) in [5.74, 6) is -1.12. The lowest BCUT2D eigenvalue weighted by molar-refractivity contribution is -0.120. The average molecular weight is 405 g/mol. The number of nitrogens with zero attached hydrogens (tertiary/aromatic N) is 1. The Kier molecular flexibility index (Phi) is 6.89. The Morgan fingerprint density at radius 2 is 1.53 bits per heavy atom. The number of benzene rings is 3. The Morgan fingerprint density at radius 1 is 0.867 bits per heavy atom. The number of carbonyl (C=O) groups is 2. The molecule has 0 saturated heterocycles. The van der Waals surface area contributed by atoms with E-state index in [1.165, 1.54) is 18.2 Å². The third-order valence-corrected chi connectivity index (χ3v) is 4.08. The molecular weight excluding hydrogens is 385 g/mol. The van der Waals surface area contributed by atoms with E-state index in [4.69, 9.17) is 4.84 Å². The van der Waals surface area contributed by atoms with Crippen LogP contribution in [0, 0.1) is 5.82 Å². The zero-order valence-electron chi connectivity index (χ0n) is 16.3. The number of hydrogen-bond acceptors (Lipinski definition) is 4. The lowest BCUT2D eigenvalue weighted by Crippen LogP contribution is -2.17. The molecular formula is C23H20FN3O3. The second-order valence-electron chi connectivity index (χ2n) is 6.41. The number of hydrogen-bond donors (Lipinski definition) is 2. The second-order valence-corrected chi connectivity index (χ2v) is 6.41. The fraction of sp³-hybridized carbons (Fsp3) is 0.0870. The highest BCUT2D eigenvalue weighted by Crippen LogP contribution is 2.14.